The van der Waals surface area contributed by atoms with Gasteiger partial charge in [0.25, 0.3) is 11.8 Å². The number of rotatable bonds is 4. The minimum atomic E-state index is -0.550. The molecule has 27 heavy (non-hydrogen) atoms. The van der Waals surface area contributed by atoms with Crippen LogP contribution < -0.4 is 4.74 Å². The molecule has 2 amide bonds. The number of amides is 2. The second-order valence-electron chi connectivity index (χ2n) is 7.06. The molecule has 1 aliphatic rings. The van der Waals surface area contributed by atoms with Gasteiger partial charge in [0.15, 0.2) is 6.10 Å². The zero-order valence-corrected chi connectivity index (χ0v) is 16.1. The summed E-state index contributed by atoms with van der Waals surface area (Å²) in [5.74, 6) is 0.675. The monoisotopic (exact) mass is 366 g/mol. The molecule has 5 heteroatoms. The van der Waals surface area contributed by atoms with Crippen LogP contribution in [0.2, 0.25) is 0 Å². The highest BCUT2D eigenvalue weighted by molar-refractivity contribution is 5.94. The second-order valence-corrected chi connectivity index (χ2v) is 7.06. The largest absolute Gasteiger partial charge is 0.481 e. The number of hydrogen-bond donors (Lipinski definition) is 0. The minimum absolute atomic E-state index is 0.0196. The molecule has 0 N–H and O–H groups in total. The summed E-state index contributed by atoms with van der Waals surface area (Å²) >= 11 is 0. The quantitative estimate of drug-likeness (QED) is 0.836. The number of aryl methyl sites for hydroxylation is 2. The molecule has 3 rings (SSSR count). The van der Waals surface area contributed by atoms with Crippen LogP contribution in [0.3, 0.4) is 0 Å². The van der Waals surface area contributed by atoms with E-state index < -0.39 is 6.10 Å². The fourth-order valence-electron chi connectivity index (χ4n) is 3.21. The second kappa shape index (κ2) is 8.25. The van der Waals surface area contributed by atoms with Crippen molar-refractivity contribution in [2.75, 3.05) is 26.2 Å². The van der Waals surface area contributed by atoms with Gasteiger partial charge in [-0.1, -0.05) is 29.8 Å². The van der Waals surface area contributed by atoms with Crippen LogP contribution in [-0.2, 0) is 4.79 Å². The molecule has 1 unspecified atom stereocenters. The van der Waals surface area contributed by atoms with Crippen molar-refractivity contribution in [2.24, 2.45) is 0 Å². The summed E-state index contributed by atoms with van der Waals surface area (Å²) in [6, 6.07) is 15.3. The Morgan fingerprint density at radius 3 is 2.15 bits per heavy atom. The van der Waals surface area contributed by atoms with Crippen LogP contribution in [0, 0.1) is 13.8 Å². The molecule has 1 heterocycles. The Bertz CT molecular complexity index is 809. The predicted octanol–water partition coefficient (Wildman–Crippen LogP) is 3.06. The highest BCUT2D eigenvalue weighted by Gasteiger charge is 2.28. The summed E-state index contributed by atoms with van der Waals surface area (Å²) in [4.78, 5) is 28.8. The topological polar surface area (TPSA) is 49.9 Å². The molecule has 1 aliphatic heterocycles. The first kappa shape index (κ1) is 19.0. The standard InChI is InChI=1S/C22H26N2O3/c1-16-7-9-19(10-8-16)22(26)24-13-11-23(12-14-24)21(25)18(3)27-20-6-4-5-17(2)15-20/h4-10,15,18H,11-14H2,1-3H3. The van der Waals surface area contributed by atoms with Crippen LogP contribution in [-0.4, -0.2) is 53.9 Å². The Labute approximate surface area is 160 Å². The molecule has 1 atom stereocenters. The zero-order valence-electron chi connectivity index (χ0n) is 16.1. The highest BCUT2D eigenvalue weighted by Crippen LogP contribution is 2.16. The number of ether oxygens (including phenoxy) is 1. The molecular weight excluding hydrogens is 340 g/mol. The molecule has 0 bridgehead atoms. The van der Waals surface area contributed by atoms with Gasteiger partial charge in [-0.15, -0.1) is 0 Å². The summed E-state index contributed by atoms with van der Waals surface area (Å²) in [5.41, 5.74) is 2.91. The van der Waals surface area contributed by atoms with Gasteiger partial charge in [0, 0.05) is 31.7 Å². The molecule has 1 saturated heterocycles. The van der Waals surface area contributed by atoms with E-state index in [0.717, 1.165) is 11.1 Å². The number of carbonyl (C=O) groups is 2. The Morgan fingerprint density at radius 2 is 1.52 bits per heavy atom. The fourth-order valence-corrected chi connectivity index (χ4v) is 3.21. The van der Waals surface area contributed by atoms with E-state index >= 15 is 0 Å². The number of benzene rings is 2. The lowest BCUT2D eigenvalue weighted by Crippen LogP contribution is -2.53. The fraction of sp³-hybridized carbons (Fsp3) is 0.364. The summed E-state index contributed by atoms with van der Waals surface area (Å²) in [5, 5.41) is 0. The van der Waals surface area contributed by atoms with E-state index in [4.69, 9.17) is 4.74 Å². The van der Waals surface area contributed by atoms with Gasteiger partial charge in [-0.05, 0) is 50.6 Å². The molecule has 142 valence electrons. The minimum Gasteiger partial charge on any atom is -0.481 e. The molecule has 2 aromatic rings. The van der Waals surface area contributed by atoms with Gasteiger partial charge in [0.05, 0.1) is 0 Å². The number of piperazine rings is 1. The lowest BCUT2D eigenvalue weighted by Gasteiger charge is -2.36. The summed E-state index contributed by atoms with van der Waals surface area (Å²) < 4.78 is 5.79. The lowest BCUT2D eigenvalue weighted by atomic mass is 10.1. The summed E-state index contributed by atoms with van der Waals surface area (Å²) in [7, 11) is 0. The van der Waals surface area contributed by atoms with Crippen LogP contribution in [0.25, 0.3) is 0 Å². The van der Waals surface area contributed by atoms with E-state index in [1.165, 1.54) is 0 Å². The van der Waals surface area contributed by atoms with Gasteiger partial charge in [-0.3, -0.25) is 9.59 Å². The molecule has 0 radical (unpaired) electrons. The van der Waals surface area contributed by atoms with E-state index in [1.54, 1.807) is 16.7 Å². The maximum atomic E-state index is 12.7. The van der Waals surface area contributed by atoms with Crippen LogP contribution in [0.4, 0.5) is 0 Å². The number of nitrogens with zero attached hydrogens (tertiary/aromatic N) is 2. The predicted molar refractivity (Wildman–Crippen MR) is 105 cm³/mol. The van der Waals surface area contributed by atoms with Crippen molar-refractivity contribution in [2.45, 2.75) is 26.9 Å². The Morgan fingerprint density at radius 1 is 0.889 bits per heavy atom. The molecule has 2 aromatic carbocycles. The van der Waals surface area contributed by atoms with Crippen molar-refractivity contribution in [1.29, 1.82) is 0 Å². The molecule has 0 aromatic heterocycles. The first-order valence-corrected chi connectivity index (χ1v) is 9.32. The van der Waals surface area contributed by atoms with Crippen LogP contribution in [0.5, 0.6) is 5.75 Å². The van der Waals surface area contributed by atoms with Crippen LogP contribution in [0.1, 0.15) is 28.4 Å². The van der Waals surface area contributed by atoms with Gasteiger partial charge >= 0.3 is 0 Å². The van der Waals surface area contributed by atoms with Gasteiger partial charge in [0.2, 0.25) is 0 Å². The smallest absolute Gasteiger partial charge is 0.263 e. The van der Waals surface area contributed by atoms with E-state index in [0.29, 0.717) is 37.5 Å². The summed E-state index contributed by atoms with van der Waals surface area (Å²) in [6.45, 7) is 7.89. The van der Waals surface area contributed by atoms with Crippen molar-refractivity contribution in [3.05, 3.63) is 65.2 Å². The maximum absolute atomic E-state index is 12.7. The first-order chi connectivity index (χ1) is 12.9. The molecule has 0 saturated carbocycles. The van der Waals surface area contributed by atoms with E-state index in [-0.39, 0.29) is 11.8 Å². The van der Waals surface area contributed by atoms with Gasteiger partial charge in [0.1, 0.15) is 5.75 Å². The van der Waals surface area contributed by atoms with Crippen LogP contribution >= 0.6 is 0 Å². The molecule has 1 fully saturated rings. The molecule has 0 spiro atoms. The molecule has 0 aliphatic carbocycles. The first-order valence-electron chi connectivity index (χ1n) is 9.32. The Kier molecular flexibility index (Phi) is 5.79. The molecular formula is C22H26N2O3. The Balaban J connectivity index is 1.54. The van der Waals surface area contributed by atoms with Crippen molar-refractivity contribution in [3.8, 4) is 5.75 Å². The average molecular weight is 366 g/mol. The van der Waals surface area contributed by atoms with Crippen molar-refractivity contribution in [1.82, 2.24) is 9.80 Å². The van der Waals surface area contributed by atoms with Crippen molar-refractivity contribution < 1.29 is 14.3 Å². The lowest BCUT2D eigenvalue weighted by molar-refractivity contribution is -0.139. The maximum Gasteiger partial charge on any atom is 0.263 e. The van der Waals surface area contributed by atoms with Crippen LogP contribution in [0.15, 0.2) is 48.5 Å². The molecule has 5 nitrogen and oxygen atoms in total. The third-order valence-corrected chi connectivity index (χ3v) is 4.83. The zero-order chi connectivity index (χ0) is 19.4. The number of hydrogen-bond acceptors (Lipinski definition) is 3. The third-order valence-electron chi connectivity index (χ3n) is 4.83. The van der Waals surface area contributed by atoms with Crippen molar-refractivity contribution >= 4 is 11.8 Å². The van der Waals surface area contributed by atoms with E-state index in [2.05, 4.69) is 0 Å². The Hall–Kier alpha value is -2.82. The SMILES string of the molecule is Cc1ccc(C(=O)N2CCN(C(=O)C(C)Oc3cccc(C)c3)CC2)cc1. The van der Waals surface area contributed by atoms with E-state index in [1.807, 2.05) is 62.4 Å². The van der Waals surface area contributed by atoms with E-state index in [9.17, 15) is 9.59 Å². The van der Waals surface area contributed by atoms with Gasteiger partial charge in [-0.25, -0.2) is 0 Å². The van der Waals surface area contributed by atoms with Gasteiger partial charge < -0.3 is 14.5 Å². The van der Waals surface area contributed by atoms with Gasteiger partial charge in [-0.2, -0.15) is 0 Å². The normalized spacial score (nSPS) is 15.4. The average Bonchev–Trinajstić information content (AvgIpc) is 2.67. The van der Waals surface area contributed by atoms with Crippen molar-refractivity contribution in [3.63, 3.8) is 0 Å². The highest BCUT2D eigenvalue weighted by atomic mass is 16.5. The summed E-state index contributed by atoms with van der Waals surface area (Å²) in [6.07, 6.45) is -0.550. The number of carbonyl (C=O) groups excluding carboxylic acids is 2. The third kappa shape index (κ3) is 4.67.